The van der Waals surface area contributed by atoms with Gasteiger partial charge in [-0.3, -0.25) is 4.79 Å². The molecule has 1 aromatic rings. The molecule has 114 valence electrons. The van der Waals surface area contributed by atoms with Crippen LogP contribution in [0.2, 0.25) is 0 Å². The molecule has 2 N–H and O–H groups in total. The Morgan fingerprint density at radius 2 is 2.19 bits per heavy atom. The number of hydrogen-bond donors (Lipinski definition) is 2. The van der Waals surface area contributed by atoms with Gasteiger partial charge < -0.3 is 20.1 Å². The predicted molar refractivity (Wildman–Crippen MR) is 78.4 cm³/mol. The molecule has 1 aromatic carbocycles. The van der Waals surface area contributed by atoms with E-state index in [-0.39, 0.29) is 24.0 Å². The van der Waals surface area contributed by atoms with Crippen molar-refractivity contribution in [3.05, 3.63) is 29.3 Å². The number of carbonyl (C=O) groups is 2. The highest BCUT2D eigenvalue weighted by atomic mass is 16.5. The van der Waals surface area contributed by atoms with Crippen LogP contribution < -0.4 is 10.6 Å². The molecular formula is C15H20N2O4. The Hall–Kier alpha value is -1.92. The Bertz CT molecular complexity index is 544. The van der Waals surface area contributed by atoms with E-state index in [4.69, 9.17) is 9.47 Å². The van der Waals surface area contributed by atoms with Gasteiger partial charge >= 0.3 is 5.97 Å². The molecule has 0 spiro atoms. The van der Waals surface area contributed by atoms with Gasteiger partial charge in [0.2, 0.25) is 5.91 Å². The van der Waals surface area contributed by atoms with E-state index in [0.29, 0.717) is 24.4 Å². The quantitative estimate of drug-likeness (QED) is 0.816. The molecule has 1 saturated heterocycles. The molecule has 1 aliphatic rings. The van der Waals surface area contributed by atoms with Gasteiger partial charge in [-0.25, -0.2) is 4.79 Å². The minimum absolute atomic E-state index is 0.146. The summed E-state index contributed by atoms with van der Waals surface area (Å²) < 4.78 is 10.1. The van der Waals surface area contributed by atoms with Crippen molar-refractivity contribution in [3.63, 3.8) is 0 Å². The third-order valence-electron chi connectivity index (χ3n) is 3.50. The predicted octanol–water partition coefficient (Wildman–Crippen LogP) is 1.10. The topological polar surface area (TPSA) is 76.7 Å². The van der Waals surface area contributed by atoms with Crippen LogP contribution in [0.4, 0.5) is 5.69 Å². The lowest BCUT2D eigenvalue weighted by atomic mass is 10.1. The number of ether oxygens (including phenoxy) is 2. The lowest BCUT2D eigenvalue weighted by molar-refractivity contribution is -0.123. The summed E-state index contributed by atoms with van der Waals surface area (Å²) in [6.45, 7) is 4.93. The number of anilines is 1. The number of morpholine rings is 1. The summed E-state index contributed by atoms with van der Waals surface area (Å²) in [5.41, 5.74) is 1.88. The maximum absolute atomic E-state index is 12.2. The zero-order valence-corrected chi connectivity index (χ0v) is 12.4. The van der Waals surface area contributed by atoms with Crippen LogP contribution in [0.5, 0.6) is 0 Å². The van der Waals surface area contributed by atoms with Crippen molar-refractivity contribution in [1.29, 1.82) is 0 Å². The van der Waals surface area contributed by atoms with Gasteiger partial charge in [-0.1, -0.05) is 0 Å². The van der Waals surface area contributed by atoms with Crippen molar-refractivity contribution in [2.75, 3.05) is 25.6 Å². The SMILES string of the molecule is COC(=O)c1ccc(NC(=O)[C@H]2NCCO[C@@H]2C)cc1C. The van der Waals surface area contributed by atoms with Gasteiger partial charge in [0.25, 0.3) is 0 Å². The average Bonchev–Trinajstić information content (AvgIpc) is 2.47. The van der Waals surface area contributed by atoms with Crippen LogP contribution >= 0.6 is 0 Å². The van der Waals surface area contributed by atoms with E-state index in [1.165, 1.54) is 7.11 Å². The first-order valence-corrected chi connectivity index (χ1v) is 6.87. The standard InChI is InChI=1S/C15H20N2O4/c1-9-8-11(4-5-12(9)15(19)20-3)17-14(18)13-10(2)21-7-6-16-13/h4-5,8,10,13,16H,6-7H2,1-3H3,(H,17,18)/t10-,13+/m1/s1. The van der Waals surface area contributed by atoms with Crippen LogP contribution in [0.1, 0.15) is 22.8 Å². The normalized spacial score (nSPS) is 21.7. The second kappa shape index (κ2) is 6.69. The smallest absolute Gasteiger partial charge is 0.338 e. The van der Waals surface area contributed by atoms with Gasteiger partial charge in [0, 0.05) is 12.2 Å². The van der Waals surface area contributed by atoms with Crippen LogP contribution in [0.25, 0.3) is 0 Å². The summed E-state index contributed by atoms with van der Waals surface area (Å²) in [7, 11) is 1.34. The minimum atomic E-state index is -0.388. The van der Waals surface area contributed by atoms with Crippen LogP contribution in [-0.2, 0) is 14.3 Å². The van der Waals surface area contributed by atoms with E-state index in [1.807, 2.05) is 6.92 Å². The first-order chi connectivity index (χ1) is 10.0. The number of rotatable bonds is 3. The van der Waals surface area contributed by atoms with E-state index >= 15 is 0 Å². The molecule has 0 aromatic heterocycles. The van der Waals surface area contributed by atoms with Crippen molar-refractivity contribution >= 4 is 17.6 Å². The van der Waals surface area contributed by atoms with Gasteiger partial charge in [0.1, 0.15) is 6.04 Å². The fraction of sp³-hybridized carbons (Fsp3) is 0.467. The molecule has 1 fully saturated rings. The molecule has 0 bridgehead atoms. The van der Waals surface area contributed by atoms with E-state index in [2.05, 4.69) is 10.6 Å². The number of nitrogens with one attached hydrogen (secondary N) is 2. The van der Waals surface area contributed by atoms with E-state index < -0.39 is 0 Å². The number of aryl methyl sites for hydroxylation is 1. The highest BCUT2D eigenvalue weighted by Crippen LogP contribution is 2.17. The van der Waals surface area contributed by atoms with Gasteiger partial charge in [-0.2, -0.15) is 0 Å². The van der Waals surface area contributed by atoms with E-state index in [9.17, 15) is 9.59 Å². The molecule has 6 nitrogen and oxygen atoms in total. The molecule has 0 saturated carbocycles. The number of benzene rings is 1. The molecule has 0 radical (unpaired) electrons. The van der Waals surface area contributed by atoms with E-state index in [1.54, 1.807) is 25.1 Å². The third-order valence-corrected chi connectivity index (χ3v) is 3.50. The summed E-state index contributed by atoms with van der Waals surface area (Å²) in [5, 5.41) is 5.96. The second-order valence-electron chi connectivity index (χ2n) is 5.02. The number of amides is 1. The highest BCUT2D eigenvalue weighted by Gasteiger charge is 2.28. The van der Waals surface area contributed by atoms with Crippen LogP contribution in [-0.4, -0.2) is 44.3 Å². The molecule has 2 rings (SSSR count). The molecular weight excluding hydrogens is 272 g/mol. The zero-order chi connectivity index (χ0) is 15.4. The first-order valence-electron chi connectivity index (χ1n) is 6.87. The van der Waals surface area contributed by atoms with Gasteiger partial charge in [0.15, 0.2) is 0 Å². The summed E-state index contributed by atoms with van der Waals surface area (Å²) in [6, 6.07) is 4.70. The summed E-state index contributed by atoms with van der Waals surface area (Å²) >= 11 is 0. The Morgan fingerprint density at radius 3 is 2.81 bits per heavy atom. The Kier molecular flexibility index (Phi) is 4.93. The lowest BCUT2D eigenvalue weighted by Crippen LogP contribution is -2.53. The summed E-state index contributed by atoms with van der Waals surface area (Å²) in [4.78, 5) is 23.7. The van der Waals surface area contributed by atoms with Crippen molar-refractivity contribution in [2.24, 2.45) is 0 Å². The van der Waals surface area contributed by atoms with Crippen molar-refractivity contribution < 1.29 is 19.1 Å². The van der Waals surface area contributed by atoms with Crippen molar-refractivity contribution in [3.8, 4) is 0 Å². The first kappa shape index (κ1) is 15.5. The Balaban J connectivity index is 2.07. The molecule has 1 heterocycles. The molecule has 0 unspecified atom stereocenters. The number of methoxy groups -OCH3 is 1. The summed E-state index contributed by atoms with van der Waals surface area (Å²) in [5.74, 6) is -0.534. The Morgan fingerprint density at radius 1 is 1.43 bits per heavy atom. The third kappa shape index (κ3) is 3.59. The fourth-order valence-electron chi connectivity index (χ4n) is 2.33. The lowest BCUT2D eigenvalue weighted by Gasteiger charge is -2.29. The number of esters is 1. The number of hydrogen-bond acceptors (Lipinski definition) is 5. The molecule has 0 aliphatic carbocycles. The van der Waals surface area contributed by atoms with Gasteiger partial charge in [-0.15, -0.1) is 0 Å². The van der Waals surface area contributed by atoms with Crippen molar-refractivity contribution in [2.45, 2.75) is 26.0 Å². The molecule has 6 heteroatoms. The molecule has 21 heavy (non-hydrogen) atoms. The maximum atomic E-state index is 12.2. The monoisotopic (exact) mass is 292 g/mol. The zero-order valence-electron chi connectivity index (χ0n) is 12.4. The van der Waals surface area contributed by atoms with Crippen molar-refractivity contribution in [1.82, 2.24) is 5.32 Å². The van der Waals surface area contributed by atoms with Crippen LogP contribution in [0.15, 0.2) is 18.2 Å². The second-order valence-corrected chi connectivity index (χ2v) is 5.02. The van der Waals surface area contributed by atoms with Crippen LogP contribution in [0.3, 0.4) is 0 Å². The minimum Gasteiger partial charge on any atom is -0.465 e. The molecule has 1 aliphatic heterocycles. The Labute approximate surface area is 123 Å². The highest BCUT2D eigenvalue weighted by molar-refractivity contribution is 5.96. The largest absolute Gasteiger partial charge is 0.465 e. The fourth-order valence-corrected chi connectivity index (χ4v) is 2.33. The summed E-state index contributed by atoms with van der Waals surface area (Å²) in [6.07, 6.45) is -0.172. The van der Waals surface area contributed by atoms with Crippen LogP contribution in [0, 0.1) is 6.92 Å². The average molecular weight is 292 g/mol. The van der Waals surface area contributed by atoms with E-state index in [0.717, 1.165) is 5.56 Å². The van der Waals surface area contributed by atoms with Gasteiger partial charge in [0.05, 0.1) is 25.4 Å². The molecule has 2 atom stereocenters. The number of carbonyl (C=O) groups excluding carboxylic acids is 2. The molecule has 1 amide bonds. The maximum Gasteiger partial charge on any atom is 0.338 e. The van der Waals surface area contributed by atoms with Gasteiger partial charge in [-0.05, 0) is 37.6 Å².